The zero-order valence-electron chi connectivity index (χ0n) is 14.6. The van der Waals surface area contributed by atoms with Crippen LogP contribution in [0.15, 0.2) is 42.6 Å². The highest BCUT2D eigenvalue weighted by Gasteiger charge is 2.10. The predicted molar refractivity (Wildman–Crippen MR) is 99.2 cm³/mol. The second-order valence-electron chi connectivity index (χ2n) is 6.15. The Bertz CT molecular complexity index is 885. The molecule has 7 nitrogen and oxygen atoms in total. The van der Waals surface area contributed by atoms with Gasteiger partial charge in [-0.25, -0.2) is 9.50 Å². The standard InChI is InChI=1S/C19H22N4O3/c1-2-15(12-24)21-17-8-9-18-20-11-16(23(18)22-17)14-6-3-13(4-7-14)5-10-19(25)26/h3-4,6-9,11,15,24H,2,5,10,12H2,1H3,(H,21,22)(H,25,26). The Balaban J connectivity index is 1.86. The molecule has 26 heavy (non-hydrogen) atoms. The Hall–Kier alpha value is -2.93. The molecule has 3 aromatic rings. The zero-order chi connectivity index (χ0) is 18.5. The number of carboxylic acids is 1. The van der Waals surface area contributed by atoms with Gasteiger partial charge in [-0.2, -0.15) is 0 Å². The molecule has 2 heterocycles. The Morgan fingerprint density at radius 3 is 2.65 bits per heavy atom. The van der Waals surface area contributed by atoms with E-state index in [4.69, 9.17) is 5.11 Å². The third-order valence-electron chi connectivity index (χ3n) is 4.30. The van der Waals surface area contributed by atoms with Crippen molar-refractivity contribution in [3.05, 3.63) is 48.2 Å². The molecule has 3 N–H and O–H groups in total. The smallest absolute Gasteiger partial charge is 0.303 e. The van der Waals surface area contributed by atoms with Crippen LogP contribution in [-0.4, -0.2) is 43.4 Å². The van der Waals surface area contributed by atoms with Gasteiger partial charge in [-0.3, -0.25) is 4.79 Å². The van der Waals surface area contributed by atoms with E-state index >= 15 is 0 Å². The van der Waals surface area contributed by atoms with Gasteiger partial charge in [-0.05, 0) is 30.5 Å². The summed E-state index contributed by atoms with van der Waals surface area (Å²) in [4.78, 5) is 15.1. The number of nitrogens with zero attached hydrogens (tertiary/aromatic N) is 3. The lowest BCUT2D eigenvalue weighted by atomic mass is 10.1. The summed E-state index contributed by atoms with van der Waals surface area (Å²) in [6, 6.07) is 11.4. The number of carbonyl (C=O) groups is 1. The minimum atomic E-state index is -0.798. The largest absolute Gasteiger partial charge is 0.481 e. The van der Waals surface area contributed by atoms with E-state index in [2.05, 4.69) is 15.4 Å². The number of aliphatic hydroxyl groups excluding tert-OH is 1. The van der Waals surface area contributed by atoms with Gasteiger partial charge in [-0.15, -0.1) is 5.10 Å². The van der Waals surface area contributed by atoms with E-state index < -0.39 is 5.97 Å². The third kappa shape index (κ3) is 4.00. The van der Waals surface area contributed by atoms with Crippen LogP contribution in [0.25, 0.3) is 16.9 Å². The Morgan fingerprint density at radius 1 is 1.23 bits per heavy atom. The number of aromatic nitrogens is 3. The molecule has 1 aromatic carbocycles. The lowest BCUT2D eigenvalue weighted by molar-refractivity contribution is -0.136. The van der Waals surface area contributed by atoms with Crippen LogP contribution in [0.3, 0.4) is 0 Å². The molecule has 3 rings (SSSR count). The van der Waals surface area contributed by atoms with E-state index in [0.29, 0.717) is 12.2 Å². The summed E-state index contributed by atoms with van der Waals surface area (Å²) in [6.45, 7) is 2.05. The highest BCUT2D eigenvalue weighted by Crippen LogP contribution is 2.22. The van der Waals surface area contributed by atoms with Crippen LogP contribution >= 0.6 is 0 Å². The Labute approximate surface area is 151 Å². The molecule has 0 bridgehead atoms. The first-order valence-electron chi connectivity index (χ1n) is 8.64. The van der Waals surface area contributed by atoms with Crippen molar-refractivity contribution in [2.24, 2.45) is 0 Å². The molecule has 0 saturated carbocycles. The van der Waals surface area contributed by atoms with Gasteiger partial charge in [0.1, 0.15) is 5.82 Å². The average Bonchev–Trinajstić information content (AvgIpc) is 3.08. The summed E-state index contributed by atoms with van der Waals surface area (Å²) >= 11 is 0. The molecule has 0 radical (unpaired) electrons. The van der Waals surface area contributed by atoms with E-state index in [0.717, 1.165) is 28.9 Å². The second kappa shape index (κ2) is 7.97. The molecule has 0 aliphatic heterocycles. The molecular weight excluding hydrogens is 332 g/mol. The molecule has 7 heteroatoms. The predicted octanol–water partition coefficient (Wildman–Crippen LogP) is 2.60. The number of hydrogen-bond acceptors (Lipinski definition) is 5. The lowest BCUT2D eigenvalue weighted by Crippen LogP contribution is -2.23. The molecule has 0 aliphatic rings. The van der Waals surface area contributed by atoms with Gasteiger partial charge >= 0.3 is 5.97 Å². The van der Waals surface area contributed by atoms with E-state index in [1.54, 1.807) is 10.7 Å². The number of aryl methyl sites for hydroxylation is 1. The van der Waals surface area contributed by atoms with Crippen molar-refractivity contribution in [1.29, 1.82) is 0 Å². The minimum Gasteiger partial charge on any atom is -0.481 e. The average molecular weight is 354 g/mol. The van der Waals surface area contributed by atoms with E-state index in [1.165, 1.54) is 0 Å². The zero-order valence-corrected chi connectivity index (χ0v) is 14.6. The fourth-order valence-corrected chi connectivity index (χ4v) is 2.73. The maximum atomic E-state index is 10.7. The number of fused-ring (bicyclic) bond motifs is 1. The number of aliphatic carboxylic acids is 1. The van der Waals surface area contributed by atoms with Crippen LogP contribution in [-0.2, 0) is 11.2 Å². The molecule has 0 saturated heterocycles. The first kappa shape index (κ1) is 17.9. The van der Waals surface area contributed by atoms with Gasteiger partial charge in [-0.1, -0.05) is 31.2 Å². The van der Waals surface area contributed by atoms with Crippen LogP contribution in [0.2, 0.25) is 0 Å². The molecular formula is C19H22N4O3. The highest BCUT2D eigenvalue weighted by atomic mass is 16.4. The van der Waals surface area contributed by atoms with Crippen LogP contribution in [0.1, 0.15) is 25.3 Å². The normalized spacial score (nSPS) is 12.2. The molecule has 1 unspecified atom stereocenters. The molecule has 2 aromatic heterocycles. The van der Waals surface area contributed by atoms with Gasteiger partial charge in [0, 0.05) is 12.0 Å². The Kier molecular flexibility index (Phi) is 5.48. The second-order valence-corrected chi connectivity index (χ2v) is 6.15. The third-order valence-corrected chi connectivity index (χ3v) is 4.30. The number of nitrogens with one attached hydrogen (secondary N) is 1. The van der Waals surface area contributed by atoms with Crippen LogP contribution < -0.4 is 5.32 Å². The topological polar surface area (TPSA) is 99.8 Å². The SMILES string of the molecule is CCC(CO)Nc1ccc2ncc(-c3ccc(CCC(=O)O)cc3)n2n1. The fourth-order valence-electron chi connectivity index (χ4n) is 2.73. The summed E-state index contributed by atoms with van der Waals surface area (Å²) in [7, 11) is 0. The number of hydrogen-bond donors (Lipinski definition) is 3. The molecule has 0 spiro atoms. The number of carboxylic acid groups (broad SMARTS) is 1. The Morgan fingerprint density at radius 2 is 2.00 bits per heavy atom. The summed E-state index contributed by atoms with van der Waals surface area (Å²) in [6.07, 6.45) is 3.19. The summed E-state index contributed by atoms with van der Waals surface area (Å²) in [5.74, 6) is -0.121. The van der Waals surface area contributed by atoms with Crippen molar-refractivity contribution in [2.75, 3.05) is 11.9 Å². The van der Waals surface area contributed by atoms with Crippen molar-refractivity contribution in [2.45, 2.75) is 32.2 Å². The van der Waals surface area contributed by atoms with E-state index in [-0.39, 0.29) is 19.1 Å². The van der Waals surface area contributed by atoms with Gasteiger partial charge in [0.15, 0.2) is 5.65 Å². The highest BCUT2D eigenvalue weighted by molar-refractivity contribution is 5.67. The van der Waals surface area contributed by atoms with Crippen LogP contribution in [0.4, 0.5) is 5.82 Å². The van der Waals surface area contributed by atoms with Crippen LogP contribution in [0.5, 0.6) is 0 Å². The van der Waals surface area contributed by atoms with Crippen molar-refractivity contribution in [1.82, 2.24) is 14.6 Å². The first-order chi connectivity index (χ1) is 12.6. The number of rotatable bonds is 8. The monoisotopic (exact) mass is 354 g/mol. The fraction of sp³-hybridized carbons (Fsp3) is 0.316. The summed E-state index contributed by atoms with van der Waals surface area (Å²) < 4.78 is 1.76. The maximum Gasteiger partial charge on any atom is 0.303 e. The molecule has 0 amide bonds. The maximum absolute atomic E-state index is 10.7. The summed E-state index contributed by atoms with van der Waals surface area (Å²) in [5.41, 5.74) is 3.52. The van der Waals surface area contributed by atoms with Gasteiger partial charge in [0.25, 0.3) is 0 Å². The van der Waals surface area contributed by atoms with Crippen molar-refractivity contribution in [3.63, 3.8) is 0 Å². The molecule has 0 aliphatic carbocycles. The molecule has 136 valence electrons. The quantitative estimate of drug-likeness (QED) is 0.575. The summed E-state index contributed by atoms with van der Waals surface area (Å²) in [5, 5.41) is 25.9. The van der Waals surface area contributed by atoms with E-state index in [1.807, 2.05) is 43.3 Å². The van der Waals surface area contributed by atoms with Gasteiger partial charge < -0.3 is 15.5 Å². The lowest BCUT2D eigenvalue weighted by Gasteiger charge is -2.14. The number of imidazole rings is 1. The van der Waals surface area contributed by atoms with Gasteiger partial charge in [0.2, 0.25) is 0 Å². The van der Waals surface area contributed by atoms with Crippen molar-refractivity contribution in [3.8, 4) is 11.3 Å². The van der Waals surface area contributed by atoms with Crippen molar-refractivity contribution < 1.29 is 15.0 Å². The number of aliphatic hydroxyl groups is 1. The first-order valence-corrected chi connectivity index (χ1v) is 8.64. The van der Waals surface area contributed by atoms with Gasteiger partial charge in [0.05, 0.1) is 24.5 Å². The molecule has 0 fully saturated rings. The minimum absolute atomic E-state index is 0.0413. The number of anilines is 1. The van der Waals surface area contributed by atoms with Crippen molar-refractivity contribution >= 4 is 17.4 Å². The van der Waals surface area contributed by atoms with Crippen LogP contribution in [0, 0.1) is 0 Å². The number of benzene rings is 1. The molecule has 1 atom stereocenters. The van der Waals surface area contributed by atoms with E-state index in [9.17, 15) is 9.90 Å².